The zero-order valence-electron chi connectivity index (χ0n) is 56.3. The minimum Gasteiger partial charge on any atom is -0.0620 e. The van der Waals surface area contributed by atoms with E-state index in [4.69, 9.17) is 0 Å². The van der Waals surface area contributed by atoms with E-state index in [1.54, 1.807) is 0 Å². The Labute approximate surface area is 614 Å². The van der Waals surface area contributed by atoms with Crippen LogP contribution in [0.1, 0.15) is 0 Å². The summed E-state index contributed by atoms with van der Waals surface area (Å²) < 4.78 is 0. The average molecular weight is 1460 g/mol. The van der Waals surface area contributed by atoms with Crippen LogP contribution in [0, 0.1) is 0 Å². The Morgan fingerprint density at radius 1 is 0.0792 bits per heavy atom. The summed E-state index contributed by atoms with van der Waals surface area (Å²) in [6.45, 7) is 0. The molecule has 0 aliphatic carbocycles. The van der Waals surface area contributed by atoms with Crippen LogP contribution in [0.5, 0.6) is 0 Å². The molecule has 0 amide bonds. The van der Waals surface area contributed by atoms with Gasteiger partial charge in [-0.25, -0.2) is 0 Å². The van der Waals surface area contributed by atoms with Gasteiger partial charge >= 0.3 is 0 Å². The SMILES string of the molecule is [Pd].c1ccc([P+](c2ccccc2)(c2ccccc2)c2ccccc2)cc1.c1ccc([P+](c2ccccc2)(c2ccccc2)c2ccccc2)cc1.c1ccc([P+](c2ccccc2)(c2ccccc2)c2ccccc2)cc1.c1ccc([P+](c2ccccc2)(c2ccccc2)c2ccccc2)cc1. The molecule has 16 rings (SSSR count). The van der Waals surface area contributed by atoms with Gasteiger partial charge in [-0.15, -0.1) is 0 Å². The fourth-order valence-electron chi connectivity index (χ4n) is 14.0. The van der Waals surface area contributed by atoms with Crippen LogP contribution in [0.4, 0.5) is 0 Å². The standard InChI is InChI=1S/4C24H20P.Pd/c4*1-5-13-21(14-6-1)25(22-15-7-2-8-16-22,23-17-9-3-10-18-23)24-19-11-4-12-20-24;/h4*1-20H;/q4*+1;. The molecule has 101 heavy (non-hydrogen) atoms. The maximum Gasteiger partial charge on any atom is 0.144 e. The summed E-state index contributed by atoms with van der Waals surface area (Å²) in [6.07, 6.45) is 0. The molecule has 0 radical (unpaired) electrons. The third-order valence-electron chi connectivity index (χ3n) is 18.3. The summed E-state index contributed by atoms with van der Waals surface area (Å²) in [5.74, 6) is 0. The molecule has 0 saturated heterocycles. The number of hydrogen-bond donors (Lipinski definition) is 0. The second kappa shape index (κ2) is 35.3. The Bertz CT molecular complexity index is 3670. The first-order chi connectivity index (χ1) is 49.7. The van der Waals surface area contributed by atoms with Gasteiger partial charge in [-0.05, 0) is 194 Å². The molecule has 0 N–H and O–H groups in total. The average Bonchev–Trinajstić information content (AvgIpc) is 0.765. The van der Waals surface area contributed by atoms with Gasteiger partial charge in [0.25, 0.3) is 0 Å². The zero-order chi connectivity index (χ0) is 67.8. The van der Waals surface area contributed by atoms with Crippen LogP contribution in [-0.4, -0.2) is 0 Å². The van der Waals surface area contributed by atoms with Crippen molar-refractivity contribution in [3.63, 3.8) is 0 Å². The Hall–Kier alpha value is -10.1. The van der Waals surface area contributed by atoms with E-state index in [1.807, 2.05) is 0 Å². The molecule has 0 bridgehead atoms. The molecule has 0 aromatic heterocycles. The molecule has 0 aliphatic rings. The monoisotopic (exact) mass is 1460 g/mol. The van der Waals surface area contributed by atoms with Crippen molar-refractivity contribution in [3.8, 4) is 0 Å². The van der Waals surface area contributed by atoms with E-state index in [2.05, 4.69) is 485 Å². The molecule has 0 spiro atoms. The summed E-state index contributed by atoms with van der Waals surface area (Å²) in [4.78, 5) is 0. The molecular formula is C96H80P4Pd+4. The van der Waals surface area contributed by atoms with Crippen molar-refractivity contribution >= 4 is 114 Å². The van der Waals surface area contributed by atoms with Crippen LogP contribution in [0.3, 0.4) is 0 Å². The molecule has 490 valence electrons. The van der Waals surface area contributed by atoms with Gasteiger partial charge in [-0.2, -0.15) is 0 Å². The van der Waals surface area contributed by atoms with Crippen molar-refractivity contribution in [3.05, 3.63) is 485 Å². The third kappa shape index (κ3) is 15.2. The Kier molecular flexibility index (Phi) is 24.7. The van der Waals surface area contributed by atoms with Gasteiger partial charge in [0.1, 0.15) is 114 Å². The fraction of sp³-hybridized carbons (Fsp3) is 0. The Morgan fingerprint density at radius 3 is 0.178 bits per heavy atom. The van der Waals surface area contributed by atoms with E-state index < -0.39 is 29.0 Å². The molecule has 5 heteroatoms. The Morgan fingerprint density at radius 2 is 0.129 bits per heavy atom. The fourth-order valence-corrected chi connectivity index (χ4v) is 31.1. The molecule has 0 heterocycles. The van der Waals surface area contributed by atoms with Crippen molar-refractivity contribution in [2.45, 2.75) is 0 Å². The second-order valence-corrected chi connectivity index (χ2v) is 37.7. The predicted octanol–water partition coefficient (Wildman–Crippen LogP) is 17.2. The van der Waals surface area contributed by atoms with E-state index >= 15 is 0 Å². The molecule has 0 fully saturated rings. The van der Waals surface area contributed by atoms with Crippen LogP contribution in [-0.2, 0) is 20.4 Å². The van der Waals surface area contributed by atoms with Crippen LogP contribution in [0.25, 0.3) is 0 Å². The molecule has 0 unspecified atom stereocenters. The van der Waals surface area contributed by atoms with Gasteiger partial charge in [0.15, 0.2) is 0 Å². The van der Waals surface area contributed by atoms with Gasteiger partial charge in [0.2, 0.25) is 0 Å². The predicted molar refractivity (Wildman–Crippen MR) is 445 cm³/mol. The van der Waals surface area contributed by atoms with E-state index in [0.29, 0.717) is 0 Å². The van der Waals surface area contributed by atoms with Gasteiger partial charge in [0, 0.05) is 20.4 Å². The molecule has 16 aromatic rings. The van der Waals surface area contributed by atoms with Crippen molar-refractivity contribution in [1.82, 2.24) is 0 Å². The third-order valence-corrected chi connectivity index (χ3v) is 35.5. The minimum absolute atomic E-state index is 0. The quantitative estimate of drug-likeness (QED) is 0.0668. The zero-order valence-corrected chi connectivity index (χ0v) is 61.4. The second-order valence-electron chi connectivity index (χ2n) is 24.1. The first-order valence-corrected chi connectivity index (χ1v) is 41.3. The number of hydrogen-bond acceptors (Lipinski definition) is 0. The largest absolute Gasteiger partial charge is 0.144 e. The molecule has 0 saturated carbocycles. The summed E-state index contributed by atoms with van der Waals surface area (Å²) in [5.41, 5.74) is 0. The van der Waals surface area contributed by atoms with E-state index in [0.717, 1.165) is 0 Å². The maximum atomic E-state index is 2.28. The Balaban J connectivity index is 0.000000127. The first kappa shape index (κ1) is 70.8. The molecule has 0 nitrogen and oxygen atoms in total. The normalized spacial score (nSPS) is 11.1. The van der Waals surface area contributed by atoms with Crippen LogP contribution < -0.4 is 84.9 Å². The maximum absolute atomic E-state index is 2.28. The van der Waals surface area contributed by atoms with Crippen molar-refractivity contribution in [1.29, 1.82) is 0 Å². The topological polar surface area (TPSA) is 0 Å². The molecular weight excluding hydrogens is 1380 g/mol. The molecule has 0 aliphatic heterocycles. The van der Waals surface area contributed by atoms with Gasteiger partial charge in [0.05, 0.1) is 0 Å². The van der Waals surface area contributed by atoms with Gasteiger partial charge in [-0.3, -0.25) is 0 Å². The van der Waals surface area contributed by atoms with E-state index in [-0.39, 0.29) is 20.4 Å². The van der Waals surface area contributed by atoms with Crippen LogP contribution in [0.2, 0.25) is 0 Å². The summed E-state index contributed by atoms with van der Waals surface area (Å²) >= 11 is 0. The summed E-state index contributed by atoms with van der Waals surface area (Å²) in [7, 11) is -7.62. The summed E-state index contributed by atoms with van der Waals surface area (Å²) in [6, 6.07) is 175. The molecule has 16 aromatic carbocycles. The van der Waals surface area contributed by atoms with Crippen molar-refractivity contribution in [2.75, 3.05) is 0 Å². The first-order valence-electron chi connectivity index (χ1n) is 34.1. The van der Waals surface area contributed by atoms with E-state index in [9.17, 15) is 0 Å². The van der Waals surface area contributed by atoms with Crippen LogP contribution >= 0.6 is 29.0 Å². The number of benzene rings is 16. The van der Waals surface area contributed by atoms with Crippen molar-refractivity contribution < 1.29 is 20.4 Å². The smallest absolute Gasteiger partial charge is 0.0620 e. The summed E-state index contributed by atoms with van der Waals surface area (Å²) in [5, 5.41) is 22.2. The van der Waals surface area contributed by atoms with Crippen molar-refractivity contribution in [2.24, 2.45) is 0 Å². The van der Waals surface area contributed by atoms with Gasteiger partial charge < -0.3 is 0 Å². The van der Waals surface area contributed by atoms with Gasteiger partial charge in [-0.1, -0.05) is 291 Å². The van der Waals surface area contributed by atoms with Crippen LogP contribution in [0.15, 0.2) is 485 Å². The number of rotatable bonds is 16. The molecule has 0 atom stereocenters. The minimum atomic E-state index is -1.91. The van der Waals surface area contributed by atoms with E-state index in [1.165, 1.54) is 84.9 Å².